The van der Waals surface area contributed by atoms with Crippen molar-refractivity contribution >= 4 is 33.8 Å². The summed E-state index contributed by atoms with van der Waals surface area (Å²) >= 11 is 1.28. The van der Waals surface area contributed by atoms with Crippen LogP contribution in [0.4, 0.5) is 16.5 Å². The molecule has 1 amide bonds. The van der Waals surface area contributed by atoms with Gasteiger partial charge in [0.25, 0.3) is 11.6 Å². The Hall–Kier alpha value is -3.26. The quantitative estimate of drug-likeness (QED) is 0.516. The molecule has 1 heterocycles. The molecule has 0 saturated heterocycles. The second kappa shape index (κ2) is 7.54. The van der Waals surface area contributed by atoms with Gasteiger partial charge in [-0.1, -0.05) is 30.3 Å². The third-order valence-electron chi connectivity index (χ3n) is 3.44. The Bertz CT molecular complexity index is 882. The first-order chi connectivity index (χ1) is 12.1. The minimum Gasteiger partial charge on any atom is -0.375 e. The first-order valence-electron chi connectivity index (χ1n) is 7.40. The van der Waals surface area contributed by atoms with Crippen molar-refractivity contribution in [2.24, 2.45) is 0 Å². The first-order valence-corrected chi connectivity index (χ1v) is 8.28. The molecule has 0 aliphatic heterocycles. The van der Waals surface area contributed by atoms with Gasteiger partial charge in [-0.15, -0.1) is 11.3 Å². The number of hydrogen-bond donors (Lipinski definition) is 2. The summed E-state index contributed by atoms with van der Waals surface area (Å²) in [6.07, 6.45) is 1.57. The number of rotatable bonds is 6. The van der Waals surface area contributed by atoms with Crippen LogP contribution in [0.5, 0.6) is 0 Å². The highest BCUT2D eigenvalue weighted by molar-refractivity contribution is 7.13. The van der Waals surface area contributed by atoms with Crippen LogP contribution >= 0.6 is 11.3 Å². The smallest absolute Gasteiger partial charge is 0.293 e. The molecule has 8 heteroatoms. The number of aromatic nitrogens is 1. The summed E-state index contributed by atoms with van der Waals surface area (Å²) in [5.74, 6) is -0.437. The van der Waals surface area contributed by atoms with Crippen LogP contribution in [0.15, 0.2) is 60.1 Å². The summed E-state index contributed by atoms with van der Waals surface area (Å²) in [5, 5.41) is 19.2. The van der Waals surface area contributed by atoms with E-state index in [1.54, 1.807) is 17.6 Å². The largest absolute Gasteiger partial charge is 0.375 e. The lowest BCUT2D eigenvalue weighted by Crippen LogP contribution is -2.12. The van der Waals surface area contributed by atoms with E-state index >= 15 is 0 Å². The van der Waals surface area contributed by atoms with Crippen molar-refractivity contribution in [3.8, 4) is 0 Å². The highest BCUT2D eigenvalue weighted by Crippen LogP contribution is 2.26. The molecule has 0 bridgehead atoms. The van der Waals surface area contributed by atoms with Gasteiger partial charge in [-0.2, -0.15) is 0 Å². The Kier molecular flexibility index (Phi) is 5.00. The van der Waals surface area contributed by atoms with Gasteiger partial charge in [0.2, 0.25) is 0 Å². The van der Waals surface area contributed by atoms with Crippen molar-refractivity contribution in [1.82, 2.24) is 4.98 Å². The van der Waals surface area contributed by atoms with E-state index in [0.717, 1.165) is 5.56 Å². The third kappa shape index (κ3) is 4.18. The normalized spacial score (nSPS) is 10.2. The molecule has 0 fully saturated rings. The fraction of sp³-hybridized carbons (Fsp3) is 0.0588. The molecule has 3 rings (SSSR count). The number of benzene rings is 2. The maximum Gasteiger partial charge on any atom is 0.293 e. The van der Waals surface area contributed by atoms with Crippen LogP contribution in [0, 0.1) is 10.1 Å². The molecule has 126 valence electrons. The number of nitrogens with zero attached hydrogens (tertiary/aromatic N) is 2. The highest BCUT2D eigenvalue weighted by Gasteiger charge is 2.18. The number of nitro groups is 1. The molecule has 2 aromatic carbocycles. The molecule has 25 heavy (non-hydrogen) atoms. The summed E-state index contributed by atoms with van der Waals surface area (Å²) in [6, 6.07) is 13.9. The fourth-order valence-corrected chi connectivity index (χ4v) is 2.74. The van der Waals surface area contributed by atoms with Gasteiger partial charge in [-0.05, 0) is 17.7 Å². The topological polar surface area (TPSA) is 97.2 Å². The number of nitrogens with one attached hydrogen (secondary N) is 2. The van der Waals surface area contributed by atoms with E-state index < -0.39 is 10.8 Å². The number of anilines is 2. The van der Waals surface area contributed by atoms with Crippen molar-refractivity contribution in [3.63, 3.8) is 0 Å². The van der Waals surface area contributed by atoms with Crippen LogP contribution < -0.4 is 10.6 Å². The Morgan fingerprint density at radius 2 is 2.00 bits per heavy atom. The van der Waals surface area contributed by atoms with Gasteiger partial charge in [0, 0.05) is 29.8 Å². The SMILES string of the molecule is O=C(Nc1nccs1)c1ccc(NCc2ccccc2)c([N+](=O)[O-])c1. The number of hydrogen-bond acceptors (Lipinski definition) is 6. The van der Waals surface area contributed by atoms with E-state index in [9.17, 15) is 14.9 Å². The van der Waals surface area contributed by atoms with Crippen LogP contribution in [0.1, 0.15) is 15.9 Å². The molecule has 0 unspecified atom stereocenters. The molecule has 1 aromatic heterocycles. The average molecular weight is 354 g/mol. The molecule has 0 aliphatic carbocycles. The molecule has 0 saturated carbocycles. The van der Waals surface area contributed by atoms with Crippen LogP contribution in [0.2, 0.25) is 0 Å². The van der Waals surface area contributed by atoms with E-state index in [4.69, 9.17) is 0 Å². The maximum atomic E-state index is 12.2. The lowest BCUT2D eigenvalue weighted by Gasteiger charge is -2.09. The summed E-state index contributed by atoms with van der Waals surface area (Å²) in [5.41, 5.74) is 1.41. The predicted molar refractivity (Wildman–Crippen MR) is 96.9 cm³/mol. The molecule has 0 spiro atoms. The zero-order valence-electron chi connectivity index (χ0n) is 13.0. The summed E-state index contributed by atoms with van der Waals surface area (Å²) < 4.78 is 0. The minimum absolute atomic E-state index is 0.150. The number of carbonyl (C=O) groups is 1. The monoisotopic (exact) mass is 354 g/mol. The fourth-order valence-electron chi connectivity index (χ4n) is 2.22. The van der Waals surface area contributed by atoms with Crippen molar-refractivity contribution in [2.45, 2.75) is 6.54 Å². The zero-order valence-corrected chi connectivity index (χ0v) is 13.8. The zero-order chi connectivity index (χ0) is 17.6. The molecule has 0 aliphatic rings. The predicted octanol–water partition coefficient (Wildman–Crippen LogP) is 3.92. The van der Waals surface area contributed by atoms with E-state index in [-0.39, 0.29) is 11.3 Å². The van der Waals surface area contributed by atoms with Crippen LogP contribution in [0.3, 0.4) is 0 Å². The van der Waals surface area contributed by atoms with Crippen LogP contribution in [-0.2, 0) is 6.54 Å². The van der Waals surface area contributed by atoms with E-state index in [0.29, 0.717) is 17.4 Å². The molecular weight excluding hydrogens is 340 g/mol. The molecular formula is C17H14N4O3S. The first kappa shape index (κ1) is 16.6. The molecule has 3 aromatic rings. The van der Waals surface area contributed by atoms with Crippen molar-refractivity contribution in [1.29, 1.82) is 0 Å². The molecule has 0 radical (unpaired) electrons. The summed E-state index contributed by atoms with van der Waals surface area (Å²) in [4.78, 5) is 27.0. The van der Waals surface area contributed by atoms with E-state index in [1.165, 1.54) is 23.5 Å². The van der Waals surface area contributed by atoms with Gasteiger partial charge in [0.1, 0.15) is 5.69 Å². The lowest BCUT2D eigenvalue weighted by atomic mass is 10.1. The van der Waals surface area contributed by atoms with E-state index in [2.05, 4.69) is 15.6 Å². The minimum atomic E-state index is -0.506. The molecule has 7 nitrogen and oxygen atoms in total. The van der Waals surface area contributed by atoms with Crippen LogP contribution in [0.25, 0.3) is 0 Å². The molecule has 0 atom stereocenters. The highest BCUT2D eigenvalue weighted by atomic mass is 32.1. The maximum absolute atomic E-state index is 12.2. The van der Waals surface area contributed by atoms with Gasteiger partial charge in [-0.25, -0.2) is 4.98 Å². The van der Waals surface area contributed by atoms with Gasteiger partial charge in [-0.3, -0.25) is 20.2 Å². The van der Waals surface area contributed by atoms with Gasteiger partial charge >= 0.3 is 0 Å². The Morgan fingerprint density at radius 1 is 1.20 bits per heavy atom. The number of carbonyl (C=O) groups excluding carboxylic acids is 1. The standard InChI is InChI=1S/C17H14N4O3S/c22-16(20-17-18-8-9-25-17)13-6-7-14(15(10-13)21(23)24)19-11-12-4-2-1-3-5-12/h1-10,19H,11H2,(H,18,20,22). The Labute approximate surface area is 147 Å². The number of amides is 1. The number of nitro benzene ring substituents is 1. The summed E-state index contributed by atoms with van der Waals surface area (Å²) in [6.45, 7) is 0.451. The second-order valence-electron chi connectivity index (χ2n) is 5.12. The van der Waals surface area contributed by atoms with E-state index in [1.807, 2.05) is 30.3 Å². The third-order valence-corrected chi connectivity index (χ3v) is 4.12. The van der Waals surface area contributed by atoms with Crippen molar-refractivity contribution in [2.75, 3.05) is 10.6 Å². The van der Waals surface area contributed by atoms with Crippen molar-refractivity contribution < 1.29 is 9.72 Å². The lowest BCUT2D eigenvalue weighted by molar-refractivity contribution is -0.384. The van der Waals surface area contributed by atoms with Gasteiger partial charge < -0.3 is 5.32 Å². The van der Waals surface area contributed by atoms with Crippen LogP contribution in [-0.4, -0.2) is 15.8 Å². The van der Waals surface area contributed by atoms with Gasteiger partial charge in [0.05, 0.1) is 4.92 Å². The van der Waals surface area contributed by atoms with Crippen molar-refractivity contribution in [3.05, 3.63) is 81.3 Å². The Balaban J connectivity index is 1.78. The Morgan fingerprint density at radius 3 is 2.68 bits per heavy atom. The summed E-state index contributed by atoms with van der Waals surface area (Å²) in [7, 11) is 0. The number of thiazole rings is 1. The second-order valence-corrected chi connectivity index (χ2v) is 6.01. The molecule has 2 N–H and O–H groups in total. The van der Waals surface area contributed by atoms with Gasteiger partial charge in [0.15, 0.2) is 5.13 Å². The average Bonchev–Trinajstić information content (AvgIpc) is 3.13.